The van der Waals surface area contributed by atoms with Gasteiger partial charge in [-0.3, -0.25) is 4.79 Å². The van der Waals surface area contributed by atoms with Gasteiger partial charge in [0, 0.05) is 19.5 Å². The summed E-state index contributed by atoms with van der Waals surface area (Å²) in [4.78, 5) is 32.4. The Kier molecular flexibility index (Phi) is 6.28. The number of nitrogens with one attached hydrogen (secondary N) is 1. The van der Waals surface area contributed by atoms with Crippen molar-refractivity contribution in [1.82, 2.24) is 19.9 Å². The highest BCUT2D eigenvalue weighted by atomic mass is 19.4. The Bertz CT molecular complexity index is 915. The van der Waals surface area contributed by atoms with E-state index in [0.29, 0.717) is 18.8 Å². The topological polar surface area (TPSA) is 91.6 Å². The molecule has 1 aliphatic heterocycles. The number of nitrogens with zero attached hydrogens (tertiary/aromatic N) is 4. The van der Waals surface area contributed by atoms with Gasteiger partial charge in [0.25, 0.3) is 5.89 Å². The maximum absolute atomic E-state index is 13.2. The van der Waals surface area contributed by atoms with Crippen molar-refractivity contribution in [3.63, 3.8) is 0 Å². The predicted octanol–water partition coefficient (Wildman–Crippen LogP) is 3.61. The van der Waals surface area contributed by atoms with Crippen molar-refractivity contribution in [1.29, 1.82) is 0 Å². The number of urea groups is 1. The molecule has 0 aliphatic carbocycles. The number of hydrogen-bond donors (Lipinski definition) is 1. The third kappa shape index (κ3) is 4.71. The number of carbonyl (C=O) groups is 2. The van der Waals surface area contributed by atoms with Crippen molar-refractivity contribution >= 4 is 17.6 Å². The summed E-state index contributed by atoms with van der Waals surface area (Å²) in [5, 5.41) is 6.10. The van der Waals surface area contributed by atoms with Gasteiger partial charge in [-0.25, -0.2) is 4.79 Å². The minimum Gasteiger partial charge on any atom is -0.337 e. The van der Waals surface area contributed by atoms with Crippen LogP contribution in [0.4, 0.5) is 23.7 Å². The lowest BCUT2D eigenvalue weighted by molar-refractivity contribution is -0.137. The molecule has 1 aromatic carbocycles. The third-order valence-corrected chi connectivity index (χ3v) is 4.81. The number of amides is 3. The van der Waals surface area contributed by atoms with Gasteiger partial charge < -0.3 is 19.6 Å². The molecule has 2 heterocycles. The van der Waals surface area contributed by atoms with Gasteiger partial charge in [0.15, 0.2) is 5.82 Å². The molecular weight excluding hydrogens is 403 g/mol. The average molecular weight is 425 g/mol. The molecule has 1 aliphatic rings. The van der Waals surface area contributed by atoms with Gasteiger partial charge in [-0.2, -0.15) is 18.2 Å². The molecule has 11 heteroatoms. The molecule has 0 saturated carbocycles. The number of anilines is 1. The smallest absolute Gasteiger partial charge is 0.337 e. The first-order valence-electron chi connectivity index (χ1n) is 9.52. The first-order valence-corrected chi connectivity index (χ1v) is 9.52. The molecule has 3 rings (SSSR count). The third-order valence-electron chi connectivity index (χ3n) is 4.81. The first-order chi connectivity index (χ1) is 14.2. The van der Waals surface area contributed by atoms with E-state index < -0.39 is 23.8 Å². The molecule has 1 aromatic heterocycles. The van der Waals surface area contributed by atoms with Crippen molar-refractivity contribution in [2.45, 2.75) is 38.9 Å². The number of rotatable bonds is 3. The lowest BCUT2D eigenvalue weighted by Crippen LogP contribution is -2.41. The number of alkyl halides is 3. The Morgan fingerprint density at radius 3 is 2.63 bits per heavy atom. The van der Waals surface area contributed by atoms with Crippen LogP contribution >= 0.6 is 0 Å². The van der Waals surface area contributed by atoms with Gasteiger partial charge in [-0.15, -0.1) is 0 Å². The highest BCUT2D eigenvalue weighted by Gasteiger charge is 2.36. The Morgan fingerprint density at radius 2 is 2.00 bits per heavy atom. The van der Waals surface area contributed by atoms with E-state index in [1.54, 1.807) is 18.7 Å². The molecule has 1 unspecified atom stereocenters. The Morgan fingerprint density at radius 1 is 1.27 bits per heavy atom. The maximum Gasteiger partial charge on any atom is 0.418 e. The molecule has 30 heavy (non-hydrogen) atoms. The lowest BCUT2D eigenvalue weighted by atomic mass is 10.1. The molecule has 1 fully saturated rings. The summed E-state index contributed by atoms with van der Waals surface area (Å²) in [6.45, 7) is 4.00. The van der Waals surface area contributed by atoms with E-state index in [1.807, 2.05) is 0 Å². The predicted molar refractivity (Wildman–Crippen MR) is 100 cm³/mol. The van der Waals surface area contributed by atoms with Crippen LogP contribution < -0.4 is 5.32 Å². The van der Waals surface area contributed by atoms with Crippen molar-refractivity contribution in [2.75, 3.05) is 25.0 Å². The fourth-order valence-corrected chi connectivity index (χ4v) is 3.37. The van der Waals surface area contributed by atoms with Crippen LogP contribution in [-0.2, 0) is 11.0 Å². The van der Waals surface area contributed by atoms with Crippen molar-refractivity contribution in [3.05, 3.63) is 41.5 Å². The number of para-hydroxylation sites is 1. The number of hydrogen-bond acceptors (Lipinski definition) is 5. The summed E-state index contributed by atoms with van der Waals surface area (Å²) >= 11 is 0. The van der Waals surface area contributed by atoms with Crippen LogP contribution in [0, 0.1) is 6.92 Å². The van der Waals surface area contributed by atoms with E-state index in [1.165, 1.54) is 23.1 Å². The van der Waals surface area contributed by atoms with E-state index in [2.05, 4.69) is 15.5 Å². The summed E-state index contributed by atoms with van der Waals surface area (Å²) < 4.78 is 44.9. The van der Waals surface area contributed by atoms with Crippen LogP contribution in [0.15, 0.2) is 28.8 Å². The zero-order valence-corrected chi connectivity index (χ0v) is 16.6. The van der Waals surface area contributed by atoms with Gasteiger partial charge in [-0.1, -0.05) is 24.2 Å². The van der Waals surface area contributed by atoms with E-state index >= 15 is 0 Å². The number of aromatic nitrogens is 2. The Hall–Kier alpha value is -3.11. The largest absolute Gasteiger partial charge is 0.418 e. The number of benzene rings is 1. The standard InChI is InChI=1S/C19H22F3N5O3/c1-3-16(28)27-10-6-9-26(11-15(27)17-23-12(2)25-30-17)18(29)24-14-8-5-4-7-13(14)19(20,21)22/h4-5,7-8,15H,3,6,9-11H2,1-2H3,(H,24,29). The fourth-order valence-electron chi connectivity index (χ4n) is 3.37. The highest BCUT2D eigenvalue weighted by Crippen LogP contribution is 2.35. The van der Waals surface area contributed by atoms with Crippen molar-refractivity contribution < 1.29 is 27.3 Å². The summed E-state index contributed by atoms with van der Waals surface area (Å²) in [6.07, 6.45) is -3.88. The molecule has 3 amide bonds. The second kappa shape index (κ2) is 8.72. The molecular formula is C19H22F3N5O3. The van der Waals surface area contributed by atoms with Gasteiger partial charge in [0.2, 0.25) is 5.91 Å². The van der Waals surface area contributed by atoms with E-state index in [-0.39, 0.29) is 37.0 Å². The van der Waals surface area contributed by atoms with Crippen LogP contribution in [0.5, 0.6) is 0 Å². The Labute approximate surface area is 171 Å². The lowest BCUT2D eigenvalue weighted by Gasteiger charge is -2.29. The molecule has 1 saturated heterocycles. The molecule has 162 valence electrons. The number of halogens is 3. The fraction of sp³-hybridized carbons (Fsp3) is 0.474. The minimum absolute atomic E-state index is 0.0212. The number of carbonyl (C=O) groups excluding carboxylic acids is 2. The van der Waals surface area contributed by atoms with Crippen LogP contribution in [0.3, 0.4) is 0 Å². The quantitative estimate of drug-likeness (QED) is 0.811. The maximum atomic E-state index is 13.2. The van der Waals surface area contributed by atoms with Gasteiger partial charge in [0.1, 0.15) is 6.04 Å². The SMILES string of the molecule is CCC(=O)N1CCCN(C(=O)Nc2ccccc2C(F)(F)F)CC1c1nc(C)no1. The molecule has 1 atom stereocenters. The average Bonchev–Trinajstić information content (AvgIpc) is 3.00. The van der Waals surface area contributed by atoms with Gasteiger partial charge in [0.05, 0.1) is 17.8 Å². The van der Waals surface area contributed by atoms with Gasteiger partial charge in [-0.05, 0) is 25.5 Å². The van der Waals surface area contributed by atoms with Crippen molar-refractivity contribution in [2.24, 2.45) is 0 Å². The van der Waals surface area contributed by atoms with Crippen molar-refractivity contribution in [3.8, 4) is 0 Å². The van der Waals surface area contributed by atoms with Gasteiger partial charge >= 0.3 is 12.2 Å². The molecule has 0 radical (unpaired) electrons. The normalized spacial score (nSPS) is 17.6. The first kappa shape index (κ1) is 21.6. The monoisotopic (exact) mass is 425 g/mol. The van der Waals surface area contributed by atoms with Crippen LogP contribution in [-0.4, -0.2) is 51.5 Å². The zero-order valence-electron chi connectivity index (χ0n) is 16.6. The molecule has 0 spiro atoms. The second-order valence-electron chi connectivity index (χ2n) is 6.91. The zero-order chi connectivity index (χ0) is 21.9. The molecule has 2 aromatic rings. The van der Waals surface area contributed by atoms with Crippen LogP contribution in [0.2, 0.25) is 0 Å². The second-order valence-corrected chi connectivity index (χ2v) is 6.91. The molecule has 0 bridgehead atoms. The van der Waals surface area contributed by atoms with E-state index in [0.717, 1.165) is 6.07 Å². The van der Waals surface area contributed by atoms with Crippen LogP contribution in [0.1, 0.15) is 43.1 Å². The molecule has 8 nitrogen and oxygen atoms in total. The minimum atomic E-state index is -4.60. The summed E-state index contributed by atoms with van der Waals surface area (Å²) in [5.41, 5.74) is -1.26. The van der Waals surface area contributed by atoms with E-state index in [4.69, 9.17) is 4.52 Å². The van der Waals surface area contributed by atoms with E-state index in [9.17, 15) is 22.8 Å². The summed E-state index contributed by atoms with van der Waals surface area (Å²) in [7, 11) is 0. The number of aryl methyl sites for hydroxylation is 1. The Balaban J connectivity index is 1.84. The highest BCUT2D eigenvalue weighted by molar-refractivity contribution is 5.90. The molecule has 1 N–H and O–H groups in total. The van der Waals surface area contributed by atoms with Crippen LogP contribution in [0.25, 0.3) is 0 Å². The summed E-state index contributed by atoms with van der Waals surface area (Å²) in [6, 6.07) is 3.41. The summed E-state index contributed by atoms with van der Waals surface area (Å²) in [5.74, 6) is 0.429.